The third-order valence-electron chi connectivity index (χ3n) is 4.04. The van der Waals surface area contributed by atoms with Gasteiger partial charge < -0.3 is 18.8 Å². The van der Waals surface area contributed by atoms with Crippen molar-refractivity contribution < 1.29 is 19.0 Å². The molecule has 2 aromatic carbocycles. The van der Waals surface area contributed by atoms with Crippen LogP contribution in [0.4, 0.5) is 0 Å². The fourth-order valence-electron chi connectivity index (χ4n) is 2.81. The summed E-state index contributed by atoms with van der Waals surface area (Å²) in [7, 11) is 4.60. The van der Waals surface area contributed by atoms with Gasteiger partial charge in [0.25, 0.3) is 5.91 Å². The number of benzene rings is 2. The summed E-state index contributed by atoms with van der Waals surface area (Å²) < 4.78 is 18.5. The fourth-order valence-corrected chi connectivity index (χ4v) is 4.64. The SMILES string of the molecule is COCCn1c(=NC(=O)c2cccc(OC)c2OC)sc2cc(Cl)cc(Cl)c21. The maximum absolute atomic E-state index is 12.9. The predicted octanol–water partition coefficient (Wildman–Crippen LogP) is 4.41. The summed E-state index contributed by atoms with van der Waals surface area (Å²) in [4.78, 5) is 17.7. The Morgan fingerprint density at radius 3 is 2.64 bits per heavy atom. The number of para-hydroxylation sites is 1. The smallest absolute Gasteiger partial charge is 0.283 e. The van der Waals surface area contributed by atoms with Crippen LogP contribution >= 0.6 is 34.5 Å². The number of ether oxygens (including phenoxy) is 3. The third-order valence-corrected chi connectivity index (χ3v) is 5.58. The molecule has 28 heavy (non-hydrogen) atoms. The molecule has 148 valence electrons. The fraction of sp³-hybridized carbons (Fsp3) is 0.263. The molecule has 3 rings (SSSR count). The molecule has 0 saturated carbocycles. The number of halogens is 2. The average Bonchev–Trinajstić information content (AvgIpc) is 3.02. The van der Waals surface area contributed by atoms with Gasteiger partial charge in [0, 0.05) is 18.7 Å². The van der Waals surface area contributed by atoms with Crippen LogP contribution in [0.15, 0.2) is 35.3 Å². The van der Waals surface area contributed by atoms with Gasteiger partial charge in [0.05, 0.1) is 41.6 Å². The molecule has 3 aromatic rings. The highest BCUT2D eigenvalue weighted by molar-refractivity contribution is 7.16. The van der Waals surface area contributed by atoms with Gasteiger partial charge in [-0.2, -0.15) is 4.99 Å². The van der Waals surface area contributed by atoms with Crippen molar-refractivity contribution in [2.75, 3.05) is 27.9 Å². The zero-order chi connectivity index (χ0) is 20.3. The molecule has 1 heterocycles. The molecule has 9 heteroatoms. The molecule has 0 atom stereocenters. The summed E-state index contributed by atoms with van der Waals surface area (Å²) in [5, 5.41) is 1.01. The van der Waals surface area contributed by atoms with Crippen molar-refractivity contribution in [1.82, 2.24) is 4.57 Å². The number of carbonyl (C=O) groups is 1. The molecule has 0 radical (unpaired) electrons. The van der Waals surface area contributed by atoms with Gasteiger partial charge in [-0.25, -0.2) is 0 Å². The minimum absolute atomic E-state index is 0.307. The normalized spacial score (nSPS) is 11.8. The number of fused-ring (bicyclic) bond motifs is 1. The Bertz CT molecular complexity index is 1090. The van der Waals surface area contributed by atoms with E-state index in [0.29, 0.717) is 45.1 Å². The van der Waals surface area contributed by atoms with E-state index in [1.807, 2.05) is 4.57 Å². The van der Waals surface area contributed by atoms with E-state index < -0.39 is 5.91 Å². The van der Waals surface area contributed by atoms with Gasteiger partial charge in [-0.3, -0.25) is 4.79 Å². The maximum atomic E-state index is 12.9. The molecule has 0 fully saturated rings. The van der Waals surface area contributed by atoms with E-state index in [4.69, 9.17) is 37.4 Å². The highest BCUT2D eigenvalue weighted by atomic mass is 35.5. The van der Waals surface area contributed by atoms with Gasteiger partial charge >= 0.3 is 0 Å². The lowest BCUT2D eigenvalue weighted by Gasteiger charge is -2.10. The molecule has 0 aliphatic carbocycles. The largest absolute Gasteiger partial charge is 0.493 e. The summed E-state index contributed by atoms with van der Waals surface area (Å²) in [6.07, 6.45) is 0. The van der Waals surface area contributed by atoms with Gasteiger partial charge in [-0.15, -0.1) is 0 Å². The summed E-state index contributed by atoms with van der Waals surface area (Å²) >= 11 is 13.9. The van der Waals surface area contributed by atoms with Crippen LogP contribution in [-0.2, 0) is 11.3 Å². The van der Waals surface area contributed by atoms with Crippen LogP contribution in [0.25, 0.3) is 10.2 Å². The van der Waals surface area contributed by atoms with Gasteiger partial charge in [0.2, 0.25) is 0 Å². The van der Waals surface area contributed by atoms with Crippen LogP contribution in [-0.4, -0.2) is 38.4 Å². The molecule has 1 aromatic heterocycles. The number of amides is 1. The molecule has 0 bridgehead atoms. The van der Waals surface area contributed by atoms with E-state index in [2.05, 4.69) is 4.99 Å². The van der Waals surface area contributed by atoms with Crippen molar-refractivity contribution in [3.8, 4) is 11.5 Å². The lowest BCUT2D eigenvalue weighted by Crippen LogP contribution is -2.19. The Morgan fingerprint density at radius 2 is 1.96 bits per heavy atom. The van der Waals surface area contributed by atoms with Crippen molar-refractivity contribution in [2.24, 2.45) is 4.99 Å². The van der Waals surface area contributed by atoms with E-state index in [1.54, 1.807) is 37.4 Å². The Kier molecular flexibility index (Phi) is 6.61. The van der Waals surface area contributed by atoms with E-state index >= 15 is 0 Å². The second-order valence-electron chi connectivity index (χ2n) is 5.72. The molecular formula is C19H18Cl2N2O4S. The number of nitrogens with zero attached hydrogens (tertiary/aromatic N) is 2. The number of hydrogen-bond acceptors (Lipinski definition) is 5. The number of thiazole rings is 1. The number of hydrogen-bond donors (Lipinski definition) is 0. The number of carbonyl (C=O) groups excluding carboxylic acids is 1. The molecule has 0 aliphatic heterocycles. The van der Waals surface area contributed by atoms with Crippen molar-refractivity contribution in [1.29, 1.82) is 0 Å². The Balaban J connectivity index is 2.19. The van der Waals surface area contributed by atoms with E-state index in [9.17, 15) is 4.79 Å². The molecule has 0 aliphatic rings. The van der Waals surface area contributed by atoms with Gasteiger partial charge in [-0.1, -0.05) is 40.6 Å². The lowest BCUT2D eigenvalue weighted by molar-refractivity contribution is 0.0993. The van der Waals surface area contributed by atoms with Crippen molar-refractivity contribution in [2.45, 2.75) is 6.54 Å². The quantitative estimate of drug-likeness (QED) is 0.569. The zero-order valence-electron chi connectivity index (χ0n) is 15.5. The van der Waals surface area contributed by atoms with E-state index in [-0.39, 0.29) is 0 Å². The lowest BCUT2D eigenvalue weighted by atomic mass is 10.2. The van der Waals surface area contributed by atoms with Crippen LogP contribution in [0.1, 0.15) is 10.4 Å². The summed E-state index contributed by atoms with van der Waals surface area (Å²) in [6, 6.07) is 8.54. The molecule has 0 saturated heterocycles. The second kappa shape index (κ2) is 8.96. The van der Waals surface area contributed by atoms with Crippen LogP contribution in [0.2, 0.25) is 10.0 Å². The monoisotopic (exact) mass is 440 g/mol. The summed E-state index contributed by atoms with van der Waals surface area (Å²) in [6.45, 7) is 0.924. The molecule has 0 N–H and O–H groups in total. The highest BCUT2D eigenvalue weighted by Crippen LogP contribution is 2.32. The first kappa shape index (κ1) is 20.7. The minimum Gasteiger partial charge on any atom is -0.493 e. The Morgan fingerprint density at radius 1 is 1.18 bits per heavy atom. The topological polar surface area (TPSA) is 62.1 Å². The first-order valence-electron chi connectivity index (χ1n) is 8.27. The first-order valence-corrected chi connectivity index (χ1v) is 9.84. The van der Waals surface area contributed by atoms with Gasteiger partial charge in [0.15, 0.2) is 16.3 Å². The third kappa shape index (κ3) is 4.03. The molecule has 1 amide bonds. The number of rotatable bonds is 6. The summed E-state index contributed by atoms with van der Waals surface area (Å²) in [5.41, 5.74) is 1.07. The minimum atomic E-state index is -0.448. The van der Waals surface area contributed by atoms with Crippen LogP contribution in [0.5, 0.6) is 11.5 Å². The van der Waals surface area contributed by atoms with Gasteiger partial charge in [0.1, 0.15) is 0 Å². The van der Waals surface area contributed by atoms with Gasteiger partial charge in [-0.05, 0) is 24.3 Å². The number of methoxy groups -OCH3 is 3. The molecule has 0 spiro atoms. The molecular weight excluding hydrogens is 423 g/mol. The van der Waals surface area contributed by atoms with E-state index in [0.717, 1.165) is 10.2 Å². The molecule has 6 nitrogen and oxygen atoms in total. The Hall–Kier alpha value is -2.06. The zero-order valence-corrected chi connectivity index (χ0v) is 17.8. The first-order chi connectivity index (χ1) is 13.5. The van der Waals surface area contributed by atoms with Crippen LogP contribution in [0.3, 0.4) is 0 Å². The van der Waals surface area contributed by atoms with Crippen LogP contribution in [0, 0.1) is 0 Å². The maximum Gasteiger partial charge on any atom is 0.283 e. The standard InChI is InChI=1S/C19H18Cl2N2O4S/c1-25-8-7-23-16-13(21)9-11(20)10-15(16)28-19(23)22-18(24)12-5-4-6-14(26-2)17(12)27-3/h4-6,9-10H,7-8H2,1-3H3. The second-order valence-corrected chi connectivity index (χ2v) is 7.57. The Labute approximate surface area is 175 Å². The van der Waals surface area contributed by atoms with Crippen molar-refractivity contribution >= 4 is 50.7 Å². The highest BCUT2D eigenvalue weighted by Gasteiger charge is 2.17. The molecule has 0 unspecified atom stereocenters. The predicted molar refractivity (Wildman–Crippen MR) is 111 cm³/mol. The van der Waals surface area contributed by atoms with Crippen LogP contribution < -0.4 is 14.3 Å². The van der Waals surface area contributed by atoms with E-state index in [1.165, 1.54) is 25.6 Å². The number of aromatic nitrogens is 1. The average molecular weight is 441 g/mol. The van der Waals surface area contributed by atoms with Crippen molar-refractivity contribution in [3.05, 3.63) is 50.7 Å². The summed E-state index contributed by atoms with van der Waals surface area (Å²) in [5.74, 6) is 0.349. The van der Waals surface area contributed by atoms with Crippen molar-refractivity contribution in [3.63, 3.8) is 0 Å².